The van der Waals surface area contributed by atoms with Crippen LogP contribution in [0.4, 0.5) is 5.69 Å². The van der Waals surface area contributed by atoms with Gasteiger partial charge in [-0.1, -0.05) is 58.7 Å². The quantitative estimate of drug-likeness (QED) is 0.686. The van der Waals surface area contributed by atoms with Crippen molar-refractivity contribution in [3.8, 4) is 0 Å². The number of hydrogen-bond acceptors (Lipinski definition) is 4. The fraction of sp³-hybridized carbons (Fsp3) is 0.167. The van der Waals surface area contributed by atoms with Crippen LogP contribution in [-0.2, 0) is 17.6 Å². The van der Waals surface area contributed by atoms with Crippen molar-refractivity contribution < 1.29 is 9.32 Å². The SMILES string of the molecule is O=C(CCc1nc(Cc2ccccc2)no1)Nc1ccc(Cl)c(Cl)c1. The number of nitrogens with one attached hydrogen (secondary N) is 1. The lowest BCUT2D eigenvalue weighted by atomic mass is 10.1. The molecule has 0 unspecified atom stereocenters. The second kappa shape index (κ2) is 8.14. The van der Waals surface area contributed by atoms with E-state index in [9.17, 15) is 4.79 Å². The van der Waals surface area contributed by atoms with Crippen molar-refractivity contribution >= 4 is 34.8 Å². The largest absolute Gasteiger partial charge is 0.339 e. The van der Waals surface area contributed by atoms with Gasteiger partial charge in [0.2, 0.25) is 11.8 Å². The average molecular weight is 376 g/mol. The van der Waals surface area contributed by atoms with Gasteiger partial charge in [0.25, 0.3) is 0 Å². The van der Waals surface area contributed by atoms with Gasteiger partial charge in [-0.2, -0.15) is 4.98 Å². The lowest BCUT2D eigenvalue weighted by Crippen LogP contribution is -2.12. The van der Waals surface area contributed by atoms with Crippen LogP contribution in [0.2, 0.25) is 10.0 Å². The number of carbonyl (C=O) groups is 1. The minimum atomic E-state index is -0.166. The van der Waals surface area contributed by atoms with Gasteiger partial charge in [0, 0.05) is 24.9 Å². The van der Waals surface area contributed by atoms with E-state index in [2.05, 4.69) is 15.5 Å². The number of rotatable bonds is 6. The van der Waals surface area contributed by atoms with Crippen molar-refractivity contribution in [1.82, 2.24) is 10.1 Å². The summed E-state index contributed by atoms with van der Waals surface area (Å²) < 4.78 is 5.19. The van der Waals surface area contributed by atoms with Crippen LogP contribution in [0, 0.1) is 0 Å². The van der Waals surface area contributed by atoms with E-state index in [1.807, 2.05) is 30.3 Å². The molecular formula is C18H15Cl2N3O2. The van der Waals surface area contributed by atoms with Gasteiger partial charge in [-0.05, 0) is 23.8 Å². The van der Waals surface area contributed by atoms with Gasteiger partial charge in [0.15, 0.2) is 5.82 Å². The Morgan fingerprint density at radius 2 is 1.88 bits per heavy atom. The number of benzene rings is 2. The highest BCUT2D eigenvalue weighted by Gasteiger charge is 2.10. The molecule has 0 aliphatic carbocycles. The predicted octanol–water partition coefficient (Wildman–Crippen LogP) is 4.54. The topological polar surface area (TPSA) is 68.0 Å². The first-order valence-electron chi connectivity index (χ1n) is 7.70. The number of aromatic nitrogens is 2. The van der Waals surface area contributed by atoms with Gasteiger partial charge in [-0.3, -0.25) is 4.79 Å². The van der Waals surface area contributed by atoms with E-state index in [-0.39, 0.29) is 12.3 Å². The molecule has 1 heterocycles. The molecule has 0 radical (unpaired) electrons. The van der Waals surface area contributed by atoms with Crippen molar-refractivity contribution in [1.29, 1.82) is 0 Å². The summed E-state index contributed by atoms with van der Waals surface area (Å²) in [5.41, 5.74) is 1.70. The van der Waals surface area contributed by atoms with Gasteiger partial charge >= 0.3 is 0 Å². The number of nitrogens with zero attached hydrogens (tertiary/aromatic N) is 2. The molecule has 0 saturated heterocycles. The minimum absolute atomic E-state index is 0.166. The number of amides is 1. The third-order valence-corrected chi connectivity index (χ3v) is 4.22. The van der Waals surface area contributed by atoms with Crippen LogP contribution in [0.25, 0.3) is 0 Å². The Kier molecular flexibility index (Phi) is 5.68. The van der Waals surface area contributed by atoms with Gasteiger partial charge < -0.3 is 9.84 Å². The summed E-state index contributed by atoms with van der Waals surface area (Å²) in [4.78, 5) is 16.3. The normalized spacial score (nSPS) is 10.6. The summed E-state index contributed by atoms with van der Waals surface area (Å²) in [6.07, 6.45) is 1.20. The Bertz CT molecular complexity index is 866. The molecule has 5 nitrogen and oxygen atoms in total. The van der Waals surface area contributed by atoms with Crippen LogP contribution in [0.1, 0.15) is 23.7 Å². The van der Waals surface area contributed by atoms with Crippen LogP contribution in [0.3, 0.4) is 0 Å². The minimum Gasteiger partial charge on any atom is -0.339 e. The second-order valence-corrected chi connectivity index (χ2v) is 6.26. The highest BCUT2D eigenvalue weighted by Crippen LogP contribution is 2.25. The van der Waals surface area contributed by atoms with E-state index in [4.69, 9.17) is 27.7 Å². The molecule has 0 bridgehead atoms. The maximum Gasteiger partial charge on any atom is 0.227 e. The van der Waals surface area contributed by atoms with Crippen molar-refractivity contribution in [2.24, 2.45) is 0 Å². The highest BCUT2D eigenvalue weighted by molar-refractivity contribution is 6.42. The van der Waals surface area contributed by atoms with Gasteiger partial charge in [0.1, 0.15) is 0 Å². The maximum atomic E-state index is 12.0. The smallest absolute Gasteiger partial charge is 0.227 e. The molecule has 0 aliphatic rings. The Labute approximate surface area is 155 Å². The summed E-state index contributed by atoms with van der Waals surface area (Å²) in [7, 11) is 0. The van der Waals surface area contributed by atoms with E-state index < -0.39 is 0 Å². The van der Waals surface area contributed by atoms with Gasteiger partial charge in [-0.15, -0.1) is 0 Å². The molecule has 1 aromatic heterocycles. The van der Waals surface area contributed by atoms with Crippen LogP contribution >= 0.6 is 23.2 Å². The van der Waals surface area contributed by atoms with Crippen molar-refractivity contribution in [2.45, 2.75) is 19.3 Å². The molecule has 128 valence electrons. The fourth-order valence-electron chi connectivity index (χ4n) is 2.26. The molecular weight excluding hydrogens is 361 g/mol. The number of halogens is 2. The van der Waals surface area contributed by atoms with E-state index in [0.717, 1.165) is 5.56 Å². The first kappa shape index (κ1) is 17.5. The summed E-state index contributed by atoms with van der Waals surface area (Å²) in [5.74, 6) is 0.877. The van der Waals surface area contributed by atoms with Crippen LogP contribution in [-0.4, -0.2) is 16.0 Å². The molecule has 1 amide bonds. The number of carbonyl (C=O) groups excluding carboxylic acids is 1. The van der Waals surface area contributed by atoms with Crippen LogP contribution < -0.4 is 5.32 Å². The molecule has 3 rings (SSSR count). The van der Waals surface area contributed by atoms with Crippen molar-refractivity contribution in [3.05, 3.63) is 75.9 Å². The number of aryl methyl sites for hydroxylation is 1. The zero-order valence-electron chi connectivity index (χ0n) is 13.2. The molecule has 1 N–H and O–H groups in total. The average Bonchev–Trinajstić information content (AvgIpc) is 3.05. The van der Waals surface area contributed by atoms with Crippen molar-refractivity contribution in [2.75, 3.05) is 5.32 Å². The lowest BCUT2D eigenvalue weighted by Gasteiger charge is -2.05. The second-order valence-electron chi connectivity index (χ2n) is 5.44. The zero-order chi connectivity index (χ0) is 17.6. The van der Waals surface area contributed by atoms with Crippen molar-refractivity contribution in [3.63, 3.8) is 0 Å². The maximum absolute atomic E-state index is 12.0. The monoisotopic (exact) mass is 375 g/mol. The van der Waals surface area contributed by atoms with E-state index in [1.54, 1.807) is 18.2 Å². The third-order valence-electron chi connectivity index (χ3n) is 3.48. The molecule has 25 heavy (non-hydrogen) atoms. The molecule has 7 heteroatoms. The molecule has 0 aliphatic heterocycles. The van der Waals surface area contributed by atoms with E-state index in [1.165, 1.54) is 0 Å². The lowest BCUT2D eigenvalue weighted by molar-refractivity contribution is -0.116. The number of anilines is 1. The summed E-state index contributed by atoms with van der Waals surface area (Å²) in [5, 5.41) is 7.53. The molecule has 2 aromatic carbocycles. The van der Waals surface area contributed by atoms with E-state index >= 15 is 0 Å². The third kappa shape index (κ3) is 5.05. The molecule has 0 atom stereocenters. The van der Waals surface area contributed by atoms with E-state index in [0.29, 0.717) is 40.3 Å². The summed E-state index contributed by atoms with van der Waals surface area (Å²) in [6.45, 7) is 0. The Morgan fingerprint density at radius 3 is 2.64 bits per heavy atom. The van der Waals surface area contributed by atoms with Gasteiger partial charge in [-0.25, -0.2) is 0 Å². The first-order chi connectivity index (χ1) is 12.1. The van der Waals surface area contributed by atoms with Crippen LogP contribution in [0.5, 0.6) is 0 Å². The Balaban J connectivity index is 1.51. The Hall–Kier alpha value is -2.37. The first-order valence-corrected chi connectivity index (χ1v) is 8.46. The molecule has 0 fully saturated rings. The van der Waals surface area contributed by atoms with Crippen LogP contribution in [0.15, 0.2) is 53.1 Å². The molecule has 0 spiro atoms. The summed E-state index contributed by atoms with van der Waals surface area (Å²) >= 11 is 11.8. The molecule has 3 aromatic rings. The predicted molar refractivity (Wildman–Crippen MR) is 97.0 cm³/mol. The number of hydrogen-bond donors (Lipinski definition) is 1. The highest BCUT2D eigenvalue weighted by atomic mass is 35.5. The molecule has 0 saturated carbocycles. The Morgan fingerprint density at radius 1 is 1.08 bits per heavy atom. The summed E-state index contributed by atoms with van der Waals surface area (Å²) in [6, 6.07) is 14.8. The zero-order valence-corrected chi connectivity index (χ0v) is 14.7. The fourth-order valence-corrected chi connectivity index (χ4v) is 2.56. The standard InChI is InChI=1S/C18H15Cl2N3O2/c19-14-7-6-13(11-15(14)20)21-17(24)8-9-18-22-16(23-25-18)10-12-4-2-1-3-5-12/h1-7,11H,8-10H2,(H,21,24). The van der Waals surface area contributed by atoms with Gasteiger partial charge in [0.05, 0.1) is 10.0 Å².